The van der Waals surface area contributed by atoms with Crippen LogP contribution in [0, 0.1) is 5.92 Å². The molecule has 2 atom stereocenters. The van der Waals surface area contributed by atoms with Crippen molar-refractivity contribution in [2.75, 3.05) is 24.4 Å². The first-order chi connectivity index (χ1) is 12.0. The minimum absolute atomic E-state index is 0.0306. The number of rotatable bonds is 10. The van der Waals surface area contributed by atoms with Crippen molar-refractivity contribution in [3.05, 3.63) is 35.9 Å². The monoisotopic (exact) mass is 383 g/mol. The van der Waals surface area contributed by atoms with Crippen LogP contribution in [0.3, 0.4) is 0 Å². The summed E-state index contributed by atoms with van der Waals surface area (Å²) in [6, 6.07) is 8.96. The first kappa shape index (κ1) is 21.6. The molecule has 0 saturated carbocycles. The summed E-state index contributed by atoms with van der Waals surface area (Å²) in [6.07, 6.45) is 2.38. The van der Waals surface area contributed by atoms with Crippen LogP contribution in [0.5, 0.6) is 0 Å². The fourth-order valence-corrected chi connectivity index (χ4v) is 3.47. The second-order valence-corrected chi connectivity index (χ2v) is 7.57. The summed E-state index contributed by atoms with van der Waals surface area (Å²) in [7, 11) is 0. The summed E-state index contributed by atoms with van der Waals surface area (Å²) < 4.78 is 5.03. The molecule has 1 amide bonds. The SMILES string of the molecule is CCOC(=O)[C@H](CSC)NC(=O)C(CSC(C)=O)Cc1ccccc1. The van der Waals surface area contributed by atoms with Gasteiger partial charge < -0.3 is 10.1 Å². The number of carbonyl (C=O) groups is 3. The Kier molecular flexibility index (Phi) is 10.3. The topological polar surface area (TPSA) is 72.5 Å². The fourth-order valence-electron chi connectivity index (χ4n) is 2.21. The first-order valence-corrected chi connectivity index (χ1v) is 10.5. The highest BCUT2D eigenvalue weighted by atomic mass is 32.2. The second kappa shape index (κ2) is 12.0. The van der Waals surface area contributed by atoms with Gasteiger partial charge in [-0.05, 0) is 25.2 Å². The number of hydrogen-bond donors (Lipinski definition) is 1. The molecule has 0 saturated heterocycles. The molecule has 25 heavy (non-hydrogen) atoms. The van der Waals surface area contributed by atoms with E-state index in [4.69, 9.17) is 4.74 Å². The molecule has 0 aliphatic heterocycles. The van der Waals surface area contributed by atoms with Crippen molar-refractivity contribution in [1.82, 2.24) is 5.32 Å². The molecule has 0 spiro atoms. The lowest BCUT2D eigenvalue weighted by atomic mass is 10.00. The number of thioether (sulfide) groups is 2. The number of ether oxygens (including phenoxy) is 1. The minimum Gasteiger partial charge on any atom is -0.464 e. The third-order valence-electron chi connectivity index (χ3n) is 3.40. The number of nitrogens with one attached hydrogen (secondary N) is 1. The summed E-state index contributed by atoms with van der Waals surface area (Å²) >= 11 is 2.59. The van der Waals surface area contributed by atoms with E-state index in [0.29, 0.717) is 17.9 Å². The van der Waals surface area contributed by atoms with Gasteiger partial charge in [-0.2, -0.15) is 11.8 Å². The van der Waals surface area contributed by atoms with Gasteiger partial charge in [0.15, 0.2) is 5.12 Å². The lowest BCUT2D eigenvalue weighted by Gasteiger charge is -2.21. The molecule has 138 valence electrons. The van der Waals surface area contributed by atoms with Crippen molar-refractivity contribution < 1.29 is 19.1 Å². The first-order valence-electron chi connectivity index (χ1n) is 8.11. The molecular formula is C18H25NO4S2. The van der Waals surface area contributed by atoms with Gasteiger partial charge in [0.1, 0.15) is 6.04 Å². The van der Waals surface area contributed by atoms with Crippen molar-refractivity contribution in [2.24, 2.45) is 5.92 Å². The van der Waals surface area contributed by atoms with Gasteiger partial charge in [0.25, 0.3) is 0 Å². The second-order valence-electron chi connectivity index (χ2n) is 5.46. The molecule has 1 unspecified atom stereocenters. The third-order valence-corrected chi connectivity index (χ3v) is 5.05. The molecule has 0 aliphatic carbocycles. The number of hydrogen-bond acceptors (Lipinski definition) is 6. The van der Waals surface area contributed by atoms with Crippen molar-refractivity contribution in [2.45, 2.75) is 26.3 Å². The van der Waals surface area contributed by atoms with Gasteiger partial charge in [-0.15, -0.1) is 0 Å². The van der Waals surface area contributed by atoms with E-state index < -0.39 is 17.9 Å². The molecule has 0 heterocycles. The van der Waals surface area contributed by atoms with E-state index in [1.165, 1.54) is 18.7 Å². The van der Waals surface area contributed by atoms with E-state index in [2.05, 4.69) is 5.32 Å². The molecule has 0 aliphatic rings. The van der Waals surface area contributed by atoms with Gasteiger partial charge in [-0.1, -0.05) is 42.1 Å². The van der Waals surface area contributed by atoms with Crippen molar-refractivity contribution in [3.63, 3.8) is 0 Å². The van der Waals surface area contributed by atoms with Gasteiger partial charge in [-0.25, -0.2) is 4.79 Å². The minimum atomic E-state index is -0.678. The van der Waals surface area contributed by atoms with E-state index >= 15 is 0 Å². The molecule has 1 N–H and O–H groups in total. The smallest absolute Gasteiger partial charge is 0.329 e. The van der Waals surface area contributed by atoms with Gasteiger partial charge in [0.05, 0.1) is 12.5 Å². The van der Waals surface area contributed by atoms with Crippen LogP contribution in [-0.2, 0) is 25.5 Å². The summed E-state index contributed by atoms with van der Waals surface area (Å²) in [5, 5.41) is 2.76. The van der Waals surface area contributed by atoms with Crippen LogP contribution in [-0.4, -0.2) is 47.4 Å². The van der Waals surface area contributed by atoms with E-state index in [1.54, 1.807) is 6.92 Å². The van der Waals surface area contributed by atoms with E-state index in [1.807, 2.05) is 36.6 Å². The highest BCUT2D eigenvalue weighted by Crippen LogP contribution is 2.16. The highest BCUT2D eigenvalue weighted by Gasteiger charge is 2.26. The van der Waals surface area contributed by atoms with Crippen LogP contribution >= 0.6 is 23.5 Å². The normalized spacial score (nSPS) is 12.9. The molecule has 0 radical (unpaired) electrons. The Hall–Kier alpha value is -1.47. The summed E-state index contributed by atoms with van der Waals surface area (Å²) in [5.74, 6) is -0.226. The van der Waals surface area contributed by atoms with Crippen molar-refractivity contribution in [1.29, 1.82) is 0 Å². The maximum atomic E-state index is 12.7. The molecular weight excluding hydrogens is 358 g/mol. The van der Waals surface area contributed by atoms with E-state index in [9.17, 15) is 14.4 Å². The summed E-state index contributed by atoms with van der Waals surface area (Å²) in [6.45, 7) is 3.49. The predicted molar refractivity (Wildman–Crippen MR) is 104 cm³/mol. The Morgan fingerprint density at radius 2 is 1.84 bits per heavy atom. The standard InChI is InChI=1S/C18H25NO4S2/c1-4-23-18(22)16(12-24-3)19-17(21)15(11-25-13(2)20)10-14-8-6-5-7-9-14/h5-9,15-16H,4,10-12H2,1-3H3,(H,19,21)/t15?,16-/m0/s1. The van der Waals surface area contributed by atoms with E-state index in [-0.39, 0.29) is 17.6 Å². The largest absolute Gasteiger partial charge is 0.464 e. The van der Waals surface area contributed by atoms with Gasteiger partial charge in [-0.3, -0.25) is 9.59 Å². The zero-order valence-corrected chi connectivity index (χ0v) is 16.5. The summed E-state index contributed by atoms with van der Waals surface area (Å²) in [4.78, 5) is 36.0. The lowest BCUT2D eigenvalue weighted by Crippen LogP contribution is -2.47. The van der Waals surface area contributed by atoms with Crippen molar-refractivity contribution >= 4 is 40.5 Å². The van der Waals surface area contributed by atoms with Crippen LogP contribution in [0.1, 0.15) is 19.4 Å². The third kappa shape index (κ3) is 8.45. The van der Waals surface area contributed by atoms with Gasteiger partial charge >= 0.3 is 5.97 Å². The van der Waals surface area contributed by atoms with Crippen LogP contribution < -0.4 is 5.32 Å². The Morgan fingerprint density at radius 1 is 1.16 bits per heavy atom. The zero-order valence-electron chi connectivity index (χ0n) is 14.8. The molecule has 5 nitrogen and oxygen atoms in total. The maximum Gasteiger partial charge on any atom is 0.329 e. The predicted octanol–water partition coefficient (Wildman–Crippen LogP) is 2.54. The van der Waals surface area contributed by atoms with Crippen LogP contribution in [0.25, 0.3) is 0 Å². The zero-order chi connectivity index (χ0) is 18.7. The van der Waals surface area contributed by atoms with Crippen molar-refractivity contribution in [3.8, 4) is 0 Å². The van der Waals surface area contributed by atoms with Crippen LogP contribution in [0.15, 0.2) is 30.3 Å². The average Bonchev–Trinajstić information content (AvgIpc) is 2.59. The molecule has 1 aromatic carbocycles. The number of carbonyl (C=O) groups excluding carboxylic acids is 3. The van der Waals surface area contributed by atoms with Gasteiger partial charge in [0.2, 0.25) is 5.91 Å². The molecule has 7 heteroatoms. The molecule has 0 bridgehead atoms. The Morgan fingerprint density at radius 3 is 2.40 bits per heavy atom. The lowest BCUT2D eigenvalue weighted by molar-refractivity contribution is -0.147. The number of esters is 1. The molecule has 1 rings (SSSR count). The maximum absolute atomic E-state index is 12.7. The van der Waals surface area contributed by atoms with Crippen LogP contribution in [0.2, 0.25) is 0 Å². The quantitative estimate of drug-likeness (QED) is 0.626. The highest BCUT2D eigenvalue weighted by molar-refractivity contribution is 8.13. The summed E-state index contributed by atoms with van der Waals surface area (Å²) in [5.41, 5.74) is 1.02. The Balaban J connectivity index is 2.81. The molecule has 0 fully saturated rings. The Labute approximate surface area is 157 Å². The van der Waals surface area contributed by atoms with Gasteiger partial charge in [0, 0.05) is 18.4 Å². The van der Waals surface area contributed by atoms with E-state index in [0.717, 1.165) is 17.3 Å². The number of amides is 1. The molecule has 1 aromatic rings. The fraction of sp³-hybridized carbons (Fsp3) is 0.500. The number of benzene rings is 1. The Bertz CT molecular complexity index is 565. The molecule has 0 aromatic heterocycles. The average molecular weight is 384 g/mol. The van der Waals surface area contributed by atoms with Crippen LogP contribution in [0.4, 0.5) is 0 Å².